The molecule has 3 aromatic rings. The predicted molar refractivity (Wildman–Crippen MR) is 112 cm³/mol. The molecule has 1 saturated carbocycles. The van der Waals surface area contributed by atoms with Crippen LogP contribution in [0.1, 0.15) is 32.6 Å². The van der Waals surface area contributed by atoms with Crippen molar-refractivity contribution in [3.8, 4) is 0 Å². The highest BCUT2D eigenvalue weighted by molar-refractivity contribution is 5.98. The first-order valence-corrected chi connectivity index (χ1v) is 10.1. The van der Waals surface area contributed by atoms with Gasteiger partial charge < -0.3 is 5.32 Å². The van der Waals surface area contributed by atoms with Gasteiger partial charge >= 0.3 is 6.03 Å². The first-order chi connectivity index (χ1) is 14.2. The zero-order valence-corrected chi connectivity index (χ0v) is 16.6. The van der Waals surface area contributed by atoms with E-state index in [-0.39, 0.29) is 12.1 Å². The molecule has 2 N–H and O–H groups in total. The second kappa shape index (κ2) is 6.91. The number of hydrazine groups is 1. The van der Waals surface area contributed by atoms with Gasteiger partial charge in [0.1, 0.15) is 5.69 Å². The quantitative estimate of drug-likeness (QED) is 0.704. The van der Waals surface area contributed by atoms with Gasteiger partial charge in [0.15, 0.2) is 5.82 Å². The topological polar surface area (TPSA) is 93.3 Å². The minimum atomic E-state index is -0.0408. The van der Waals surface area contributed by atoms with Crippen molar-refractivity contribution in [1.82, 2.24) is 25.2 Å². The Kier molecular flexibility index (Phi) is 4.22. The molecule has 1 fully saturated rings. The van der Waals surface area contributed by atoms with E-state index >= 15 is 0 Å². The van der Waals surface area contributed by atoms with Crippen LogP contribution in [-0.4, -0.2) is 50.8 Å². The number of hydrogen-bond donors (Lipinski definition) is 2. The molecule has 0 bridgehead atoms. The van der Waals surface area contributed by atoms with E-state index in [4.69, 9.17) is 4.98 Å². The van der Waals surface area contributed by atoms with Gasteiger partial charge in [-0.3, -0.25) is 15.0 Å². The lowest BCUT2D eigenvalue weighted by Crippen LogP contribution is -2.59. The van der Waals surface area contributed by atoms with E-state index in [1.165, 1.54) is 12.8 Å². The number of nitrogens with one attached hydrogen (secondary N) is 2. The number of aromatic nitrogens is 4. The lowest BCUT2D eigenvalue weighted by Gasteiger charge is -2.45. The number of H-pyrrole nitrogens is 1. The Labute approximate surface area is 168 Å². The van der Waals surface area contributed by atoms with Crippen LogP contribution in [0, 0.1) is 0 Å². The first kappa shape index (κ1) is 17.7. The largest absolute Gasteiger partial charge is 0.343 e. The number of carbonyl (C=O) groups is 1. The molecule has 150 valence electrons. The average molecular weight is 392 g/mol. The summed E-state index contributed by atoms with van der Waals surface area (Å²) in [7, 11) is 1.78. The van der Waals surface area contributed by atoms with Gasteiger partial charge in [-0.25, -0.2) is 14.8 Å². The van der Waals surface area contributed by atoms with Crippen LogP contribution in [0.2, 0.25) is 0 Å². The molecule has 0 saturated heterocycles. The molecule has 9 nitrogen and oxygen atoms in total. The fourth-order valence-corrected chi connectivity index (χ4v) is 4.26. The Morgan fingerprint density at radius 2 is 2.07 bits per heavy atom. The lowest BCUT2D eigenvalue weighted by atomic mass is 10.2. The van der Waals surface area contributed by atoms with Gasteiger partial charge in [0.05, 0.1) is 24.0 Å². The van der Waals surface area contributed by atoms with Gasteiger partial charge in [-0.2, -0.15) is 10.1 Å². The molecule has 3 heterocycles. The predicted octanol–water partition coefficient (Wildman–Crippen LogP) is 3.65. The van der Waals surface area contributed by atoms with Crippen LogP contribution in [0.4, 0.5) is 27.9 Å². The van der Waals surface area contributed by atoms with Crippen LogP contribution in [0.5, 0.6) is 0 Å². The number of benzene rings is 1. The molecule has 9 heteroatoms. The minimum absolute atomic E-state index is 0.0408. The lowest BCUT2D eigenvalue weighted by molar-refractivity contribution is 0.191. The number of urea groups is 1. The summed E-state index contributed by atoms with van der Waals surface area (Å²) >= 11 is 0. The summed E-state index contributed by atoms with van der Waals surface area (Å²) in [4.78, 5) is 23.8. The van der Waals surface area contributed by atoms with Crippen molar-refractivity contribution in [2.75, 3.05) is 28.8 Å². The van der Waals surface area contributed by atoms with E-state index in [0.29, 0.717) is 12.5 Å². The summed E-state index contributed by atoms with van der Waals surface area (Å²) in [5, 5.41) is 15.3. The molecule has 1 aromatic carbocycles. The molecular weight excluding hydrogens is 368 g/mol. The van der Waals surface area contributed by atoms with Crippen LogP contribution in [-0.2, 0) is 0 Å². The van der Waals surface area contributed by atoms with Crippen LogP contribution in [0.25, 0.3) is 10.9 Å². The van der Waals surface area contributed by atoms with Crippen LogP contribution < -0.4 is 15.2 Å². The average Bonchev–Trinajstić information content (AvgIpc) is 3.42. The van der Waals surface area contributed by atoms with E-state index in [9.17, 15) is 4.79 Å². The number of anilines is 4. The Bertz CT molecular complexity index is 1060. The maximum Gasteiger partial charge on any atom is 0.343 e. The van der Waals surface area contributed by atoms with E-state index in [0.717, 1.165) is 40.9 Å². The standard InChI is InChI=1S/C20H24N8O/c1-3-27-20(29)26(2)17-12-21-19(24-18(17)28(27)15-6-4-5-7-15)23-14-9-8-13-11-22-25-16(13)10-14/h8-12,15H,3-7H2,1-2H3,(H,22,25)(H,21,23,24). The van der Waals surface area contributed by atoms with E-state index in [2.05, 4.69) is 25.5 Å². The van der Waals surface area contributed by atoms with E-state index in [1.54, 1.807) is 29.4 Å². The molecule has 1 aliphatic heterocycles. The number of nitrogens with zero attached hydrogens (tertiary/aromatic N) is 6. The molecule has 2 aromatic heterocycles. The number of carbonyl (C=O) groups excluding carboxylic acids is 1. The van der Waals surface area contributed by atoms with Gasteiger partial charge in [-0.1, -0.05) is 12.8 Å². The highest BCUT2D eigenvalue weighted by atomic mass is 16.2. The summed E-state index contributed by atoms with van der Waals surface area (Å²) in [6, 6.07) is 6.20. The van der Waals surface area contributed by atoms with Crippen molar-refractivity contribution < 1.29 is 4.79 Å². The summed E-state index contributed by atoms with van der Waals surface area (Å²) in [6.45, 7) is 2.60. The zero-order valence-electron chi connectivity index (χ0n) is 16.6. The van der Waals surface area contributed by atoms with E-state index < -0.39 is 0 Å². The smallest absolute Gasteiger partial charge is 0.324 e. The van der Waals surface area contributed by atoms with Crippen molar-refractivity contribution in [1.29, 1.82) is 0 Å². The minimum Gasteiger partial charge on any atom is -0.324 e. The molecular formula is C20H24N8O. The zero-order chi connectivity index (χ0) is 20.0. The maximum absolute atomic E-state index is 12.9. The highest BCUT2D eigenvalue weighted by Crippen LogP contribution is 2.38. The molecule has 2 aliphatic rings. The molecule has 0 spiro atoms. The molecule has 1 aliphatic carbocycles. The Balaban J connectivity index is 1.53. The SMILES string of the molecule is CCN1C(=O)N(C)c2cnc(Nc3ccc4cn[nH]c4c3)nc2N1C1CCCC1. The second-order valence-electron chi connectivity index (χ2n) is 7.54. The van der Waals surface area contributed by atoms with Gasteiger partial charge in [-0.15, -0.1) is 0 Å². The molecule has 0 radical (unpaired) electrons. The summed E-state index contributed by atoms with van der Waals surface area (Å²) in [6.07, 6.45) is 8.01. The fourth-order valence-electron chi connectivity index (χ4n) is 4.26. The fraction of sp³-hybridized carbons (Fsp3) is 0.400. The Hall–Kier alpha value is -3.36. The van der Waals surface area contributed by atoms with Crippen molar-refractivity contribution in [3.05, 3.63) is 30.6 Å². The third kappa shape index (κ3) is 2.93. The monoisotopic (exact) mass is 392 g/mol. The Morgan fingerprint density at radius 1 is 1.24 bits per heavy atom. The first-order valence-electron chi connectivity index (χ1n) is 10.1. The highest BCUT2D eigenvalue weighted by Gasteiger charge is 2.39. The molecule has 0 atom stereocenters. The summed E-state index contributed by atoms with van der Waals surface area (Å²) in [5.41, 5.74) is 2.56. The van der Waals surface area contributed by atoms with Gasteiger partial charge in [-0.05, 0) is 38.0 Å². The number of fused-ring (bicyclic) bond motifs is 2. The molecule has 5 rings (SSSR count). The summed E-state index contributed by atoms with van der Waals surface area (Å²) in [5.74, 6) is 1.28. The number of rotatable bonds is 4. The van der Waals surface area contributed by atoms with Crippen molar-refractivity contribution in [3.63, 3.8) is 0 Å². The number of aromatic amines is 1. The molecule has 29 heavy (non-hydrogen) atoms. The van der Waals surface area contributed by atoms with Crippen LogP contribution in [0.3, 0.4) is 0 Å². The molecule has 0 unspecified atom stereocenters. The van der Waals surface area contributed by atoms with Crippen molar-refractivity contribution >= 4 is 40.1 Å². The third-order valence-electron chi connectivity index (χ3n) is 5.76. The second-order valence-corrected chi connectivity index (χ2v) is 7.54. The Morgan fingerprint density at radius 3 is 2.86 bits per heavy atom. The van der Waals surface area contributed by atoms with Gasteiger partial charge in [0.25, 0.3) is 0 Å². The van der Waals surface area contributed by atoms with Crippen LogP contribution in [0.15, 0.2) is 30.6 Å². The summed E-state index contributed by atoms with van der Waals surface area (Å²) < 4.78 is 0. The maximum atomic E-state index is 12.9. The number of amides is 2. The third-order valence-corrected chi connectivity index (χ3v) is 5.76. The van der Waals surface area contributed by atoms with Gasteiger partial charge in [0, 0.05) is 24.7 Å². The van der Waals surface area contributed by atoms with Crippen LogP contribution >= 0.6 is 0 Å². The van der Waals surface area contributed by atoms with Gasteiger partial charge in [0.2, 0.25) is 5.95 Å². The molecule has 2 amide bonds. The van der Waals surface area contributed by atoms with Crippen molar-refractivity contribution in [2.45, 2.75) is 38.6 Å². The normalized spacial score (nSPS) is 17.3. The van der Waals surface area contributed by atoms with E-state index in [1.807, 2.05) is 25.1 Å². The number of hydrogen-bond acceptors (Lipinski definition) is 6. The van der Waals surface area contributed by atoms with Crippen molar-refractivity contribution in [2.24, 2.45) is 0 Å².